The van der Waals surface area contributed by atoms with Crippen LogP contribution in [-0.2, 0) is 20.7 Å². The van der Waals surface area contributed by atoms with Crippen LogP contribution in [0.5, 0.6) is 0 Å². The maximum atomic E-state index is 12.9. The van der Waals surface area contributed by atoms with Crippen LogP contribution >= 0.6 is 11.5 Å². The predicted molar refractivity (Wildman–Crippen MR) is 121 cm³/mol. The van der Waals surface area contributed by atoms with E-state index >= 15 is 0 Å². The number of ether oxygens (including phenoxy) is 2. The highest BCUT2D eigenvalue weighted by Gasteiger charge is 2.40. The van der Waals surface area contributed by atoms with Gasteiger partial charge in [0.15, 0.2) is 5.79 Å². The Hall–Kier alpha value is -2.03. The van der Waals surface area contributed by atoms with Crippen LogP contribution in [0.1, 0.15) is 44.5 Å². The summed E-state index contributed by atoms with van der Waals surface area (Å²) in [7, 11) is 0. The third-order valence-electron chi connectivity index (χ3n) is 5.81. The molecule has 0 radical (unpaired) electrons. The van der Waals surface area contributed by atoms with Gasteiger partial charge in [-0.3, -0.25) is 4.79 Å². The summed E-state index contributed by atoms with van der Waals surface area (Å²) in [4.78, 5) is 21.8. The Balaban J connectivity index is 1.32. The van der Waals surface area contributed by atoms with Gasteiger partial charge in [0, 0.05) is 63.4 Å². The molecule has 1 amide bonds. The van der Waals surface area contributed by atoms with Gasteiger partial charge in [0.1, 0.15) is 5.82 Å². The fourth-order valence-corrected chi connectivity index (χ4v) is 4.92. The topological polar surface area (TPSA) is 67.8 Å². The summed E-state index contributed by atoms with van der Waals surface area (Å²) in [5.74, 6) is 1.06. The molecule has 2 saturated heterocycles. The molecular formula is C23H32N4O3S. The SMILES string of the molecule is CC(C)CN(CCC(=O)N1CCC2(CC1)OCCO2)c1nc(Cc2ccccc2)ns1. The smallest absolute Gasteiger partial charge is 0.224 e. The van der Waals surface area contributed by atoms with Crippen LogP contribution in [0.2, 0.25) is 0 Å². The van der Waals surface area contributed by atoms with Gasteiger partial charge in [0.25, 0.3) is 0 Å². The van der Waals surface area contributed by atoms with Gasteiger partial charge >= 0.3 is 0 Å². The van der Waals surface area contributed by atoms with Crippen LogP contribution in [0.4, 0.5) is 5.13 Å². The second-order valence-electron chi connectivity index (χ2n) is 8.73. The van der Waals surface area contributed by atoms with E-state index in [1.807, 2.05) is 23.1 Å². The molecule has 7 nitrogen and oxygen atoms in total. The van der Waals surface area contributed by atoms with Crippen molar-refractivity contribution in [2.24, 2.45) is 5.92 Å². The number of carbonyl (C=O) groups excluding carboxylic acids is 1. The standard InChI is InChI=1S/C23H32N4O3S/c1-18(2)17-27(22-24-20(25-31-22)16-19-6-4-3-5-7-19)11-8-21(28)26-12-9-23(10-13-26)29-14-15-30-23/h3-7,18H,8-17H2,1-2H3. The molecule has 0 atom stereocenters. The minimum atomic E-state index is -0.442. The van der Waals surface area contributed by atoms with Gasteiger partial charge in [-0.25, -0.2) is 4.98 Å². The van der Waals surface area contributed by atoms with Crippen molar-refractivity contribution in [3.63, 3.8) is 0 Å². The number of hydrogen-bond donors (Lipinski definition) is 0. The molecule has 3 heterocycles. The second-order valence-corrected chi connectivity index (χ2v) is 9.46. The van der Waals surface area contributed by atoms with Crippen molar-refractivity contribution >= 4 is 22.6 Å². The number of aromatic nitrogens is 2. The minimum absolute atomic E-state index is 0.190. The zero-order chi connectivity index (χ0) is 21.7. The van der Waals surface area contributed by atoms with E-state index < -0.39 is 5.79 Å². The monoisotopic (exact) mass is 444 g/mol. The third kappa shape index (κ3) is 5.81. The van der Waals surface area contributed by atoms with Crippen LogP contribution in [0.25, 0.3) is 0 Å². The summed E-state index contributed by atoms with van der Waals surface area (Å²) in [6.45, 7) is 8.60. The largest absolute Gasteiger partial charge is 0.347 e. The Morgan fingerprint density at radius 2 is 1.90 bits per heavy atom. The van der Waals surface area contributed by atoms with Crippen molar-refractivity contribution in [3.05, 3.63) is 41.7 Å². The van der Waals surface area contributed by atoms with Gasteiger partial charge in [-0.1, -0.05) is 44.2 Å². The number of nitrogens with zero attached hydrogens (tertiary/aromatic N) is 4. The Labute approximate surface area is 188 Å². The van der Waals surface area contributed by atoms with Gasteiger partial charge in [0.05, 0.1) is 13.2 Å². The second kappa shape index (κ2) is 10.1. The number of piperidine rings is 1. The molecular weight excluding hydrogens is 412 g/mol. The Morgan fingerprint density at radius 3 is 2.58 bits per heavy atom. The lowest BCUT2D eigenvalue weighted by molar-refractivity contribution is -0.187. The van der Waals surface area contributed by atoms with Crippen LogP contribution in [0.15, 0.2) is 30.3 Å². The molecule has 0 bridgehead atoms. The Bertz CT molecular complexity index is 842. The first-order chi connectivity index (χ1) is 15.0. The molecule has 4 rings (SSSR count). The van der Waals surface area contributed by atoms with Crippen LogP contribution in [-0.4, -0.2) is 65.3 Å². The maximum absolute atomic E-state index is 12.9. The van der Waals surface area contributed by atoms with Gasteiger partial charge in [0.2, 0.25) is 11.0 Å². The number of rotatable bonds is 8. The summed E-state index contributed by atoms with van der Waals surface area (Å²) in [6.07, 6.45) is 2.72. The molecule has 0 unspecified atom stereocenters. The average Bonchev–Trinajstić information content (AvgIpc) is 3.42. The number of hydrogen-bond acceptors (Lipinski definition) is 7. The zero-order valence-corrected chi connectivity index (χ0v) is 19.3. The number of amides is 1. The Morgan fingerprint density at radius 1 is 1.19 bits per heavy atom. The number of benzene rings is 1. The van der Waals surface area contributed by atoms with Crippen LogP contribution in [0.3, 0.4) is 0 Å². The molecule has 1 aromatic carbocycles. The number of likely N-dealkylation sites (tertiary alicyclic amines) is 1. The maximum Gasteiger partial charge on any atom is 0.224 e. The first-order valence-corrected chi connectivity index (χ1v) is 12.0. The highest BCUT2D eigenvalue weighted by molar-refractivity contribution is 7.09. The molecule has 168 valence electrons. The molecule has 2 aliphatic rings. The zero-order valence-electron chi connectivity index (χ0n) is 18.5. The third-order valence-corrected chi connectivity index (χ3v) is 6.62. The summed E-state index contributed by atoms with van der Waals surface area (Å²) < 4.78 is 16.1. The van der Waals surface area contributed by atoms with E-state index in [1.54, 1.807) is 0 Å². The van der Waals surface area contributed by atoms with E-state index in [1.165, 1.54) is 17.1 Å². The summed E-state index contributed by atoms with van der Waals surface area (Å²) >= 11 is 1.43. The molecule has 0 aliphatic carbocycles. The van der Waals surface area contributed by atoms with E-state index in [9.17, 15) is 4.79 Å². The predicted octanol–water partition coefficient (Wildman–Crippen LogP) is 3.35. The van der Waals surface area contributed by atoms with Gasteiger partial charge < -0.3 is 19.3 Å². The fourth-order valence-electron chi connectivity index (χ4n) is 4.20. The summed E-state index contributed by atoms with van der Waals surface area (Å²) in [5.41, 5.74) is 1.20. The van der Waals surface area contributed by atoms with E-state index in [2.05, 4.69) is 35.3 Å². The van der Waals surface area contributed by atoms with Crippen molar-refractivity contribution < 1.29 is 14.3 Å². The van der Waals surface area contributed by atoms with Crippen molar-refractivity contribution in [1.82, 2.24) is 14.3 Å². The normalized spacial score (nSPS) is 18.1. The number of carbonyl (C=O) groups is 1. The molecule has 0 saturated carbocycles. The van der Waals surface area contributed by atoms with E-state index in [4.69, 9.17) is 14.5 Å². The molecule has 8 heteroatoms. The van der Waals surface area contributed by atoms with Crippen molar-refractivity contribution in [1.29, 1.82) is 0 Å². The highest BCUT2D eigenvalue weighted by Crippen LogP contribution is 2.31. The van der Waals surface area contributed by atoms with E-state index in [0.717, 1.165) is 36.8 Å². The molecule has 31 heavy (non-hydrogen) atoms. The average molecular weight is 445 g/mol. The summed E-state index contributed by atoms with van der Waals surface area (Å²) in [5, 5.41) is 0.901. The van der Waals surface area contributed by atoms with E-state index in [0.29, 0.717) is 45.2 Å². The Kier molecular flexibility index (Phi) is 7.20. The lowest BCUT2D eigenvalue weighted by atomic mass is 10.0. The van der Waals surface area contributed by atoms with Crippen LogP contribution in [0, 0.1) is 5.92 Å². The molecule has 2 aromatic rings. The lowest BCUT2D eigenvalue weighted by Crippen LogP contribution is -2.47. The molecule has 2 fully saturated rings. The minimum Gasteiger partial charge on any atom is -0.347 e. The molecule has 1 aromatic heterocycles. The quantitative estimate of drug-likeness (QED) is 0.622. The first-order valence-electron chi connectivity index (χ1n) is 11.2. The first kappa shape index (κ1) is 22.2. The molecule has 1 spiro atoms. The highest BCUT2D eigenvalue weighted by atomic mass is 32.1. The van der Waals surface area contributed by atoms with Gasteiger partial charge in [-0.2, -0.15) is 4.37 Å². The van der Waals surface area contributed by atoms with Crippen molar-refractivity contribution in [2.75, 3.05) is 44.3 Å². The van der Waals surface area contributed by atoms with E-state index in [-0.39, 0.29) is 5.91 Å². The van der Waals surface area contributed by atoms with Crippen molar-refractivity contribution in [2.45, 2.75) is 45.3 Å². The fraction of sp³-hybridized carbons (Fsp3) is 0.609. The molecule has 2 aliphatic heterocycles. The number of anilines is 1. The molecule has 0 N–H and O–H groups in total. The van der Waals surface area contributed by atoms with Crippen LogP contribution < -0.4 is 4.90 Å². The van der Waals surface area contributed by atoms with Gasteiger partial charge in [-0.05, 0) is 11.5 Å². The summed E-state index contributed by atoms with van der Waals surface area (Å²) in [6, 6.07) is 10.3. The van der Waals surface area contributed by atoms with Crippen molar-refractivity contribution in [3.8, 4) is 0 Å². The van der Waals surface area contributed by atoms with Gasteiger partial charge in [-0.15, -0.1) is 0 Å². The lowest BCUT2D eigenvalue weighted by Gasteiger charge is -2.37.